The van der Waals surface area contributed by atoms with Crippen LogP contribution in [0.15, 0.2) is 40.7 Å². The van der Waals surface area contributed by atoms with Gasteiger partial charge in [-0.25, -0.2) is 0 Å². The van der Waals surface area contributed by atoms with Gasteiger partial charge in [-0.05, 0) is 36.4 Å². The predicted octanol–water partition coefficient (Wildman–Crippen LogP) is 3.96. The summed E-state index contributed by atoms with van der Waals surface area (Å²) in [6, 6.07) is 11.2. The first-order chi connectivity index (χ1) is 13.5. The van der Waals surface area contributed by atoms with Gasteiger partial charge < -0.3 is 15.4 Å². The molecule has 2 heterocycles. The summed E-state index contributed by atoms with van der Waals surface area (Å²) in [6.07, 6.45) is 0. The Balaban J connectivity index is 1.50. The number of hydrogen-bond acceptors (Lipinski definition) is 9. The molecule has 0 atom stereocenters. The number of carbonyl (C=O) groups is 2. The first kappa shape index (κ1) is 20.3. The Hall–Kier alpha value is -2.43. The third-order valence-corrected chi connectivity index (χ3v) is 6.62. The van der Waals surface area contributed by atoms with Crippen LogP contribution in [0.4, 0.5) is 10.8 Å². The minimum Gasteiger partial charge on any atom is -0.497 e. The Labute approximate surface area is 174 Å². The SMILES string of the molecule is COc1ccc(Nc2nnc(SCC(=O)c3ccc(CNC(C)=O)s3)s2)cc1. The molecular formula is C18H18N4O3S3. The third-order valence-electron chi connectivity index (χ3n) is 3.52. The van der Waals surface area contributed by atoms with Crippen LogP contribution in [0.3, 0.4) is 0 Å². The summed E-state index contributed by atoms with van der Waals surface area (Å²) in [4.78, 5) is 24.9. The maximum atomic E-state index is 12.4. The van der Waals surface area contributed by atoms with E-state index in [-0.39, 0.29) is 17.4 Å². The summed E-state index contributed by atoms with van der Waals surface area (Å²) in [6.45, 7) is 1.91. The molecule has 0 saturated heterocycles. The molecule has 0 aliphatic rings. The minimum absolute atomic E-state index is 0.0314. The average molecular weight is 435 g/mol. The second-order valence-corrected chi connectivity index (χ2v) is 8.98. The van der Waals surface area contributed by atoms with Gasteiger partial charge in [-0.2, -0.15) is 0 Å². The normalized spacial score (nSPS) is 10.5. The van der Waals surface area contributed by atoms with Gasteiger partial charge in [-0.1, -0.05) is 23.1 Å². The lowest BCUT2D eigenvalue weighted by molar-refractivity contribution is -0.119. The Morgan fingerprint density at radius 3 is 2.61 bits per heavy atom. The molecule has 0 bridgehead atoms. The molecule has 0 aliphatic heterocycles. The molecule has 1 aromatic carbocycles. The maximum absolute atomic E-state index is 12.4. The predicted molar refractivity (Wildman–Crippen MR) is 113 cm³/mol. The van der Waals surface area contributed by atoms with Crippen molar-refractivity contribution >= 4 is 56.9 Å². The van der Waals surface area contributed by atoms with Crippen molar-refractivity contribution in [2.75, 3.05) is 18.2 Å². The molecule has 3 aromatic rings. The summed E-state index contributed by atoms with van der Waals surface area (Å²) < 4.78 is 5.86. The van der Waals surface area contributed by atoms with E-state index in [0.717, 1.165) is 20.7 Å². The fourth-order valence-electron chi connectivity index (χ4n) is 2.15. The van der Waals surface area contributed by atoms with Gasteiger partial charge in [0.1, 0.15) is 5.75 Å². The molecule has 0 spiro atoms. The monoisotopic (exact) mass is 434 g/mol. The first-order valence-corrected chi connectivity index (χ1v) is 10.9. The maximum Gasteiger partial charge on any atom is 0.217 e. The van der Waals surface area contributed by atoms with E-state index < -0.39 is 0 Å². The number of ether oxygens (including phenoxy) is 1. The molecule has 0 aliphatic carbocycles. The number of rotatable bonds is 9. The second-order valence-electron chi connectivity index (χ2n) is 5.61. The minimum atomic E-state index is -0.0906. The van der Waals surface area contributed by atoms with E-state index in [1.807, 2.05) is 30.3 Å². The molecule has 2 N–H and O–H groups in total. The van der Waals surface area contributed by atoms with Crippen LogP contribution in [-0.4, -0.2) is 34.8 Å². The fraction of sp³-hybridized carbons (Fsp3) is 0.222. The Kier molecular flexibility index (Phi) is 7.01. The number of amides is 1. The van der Waals surface area contributed by atoms with Crippen molar-refractivity contribution in [3.8, 4) is 5.75 Å². The standard InChI is InChI=1S/C18H18N4O3S3/c1-11(23)19-9-14-7-8-16(27-14)15(24)10-26-18-22-21-17(28-18)20-12-3-5-13(25-2)6-4-12/h3-8H,9-10H2,1-2H3,(H,19,23)(H,20,21). The van der Waals surface area contributed by atoms with Crippen molar-refractivity contribution in [2.24, 2.45) is 0 Å². The van der Waals surface area contributed by atoms with E-state index in [4.69, 9.17) is 4.74 Å². The van der Waals surface area contributed by atoms with E-state index in [1.165, 1.54) is 41.4 Å². The van der Waals surface area contributed by atoms with Gasteiger partial charge in [0.2, 0.25) is 11.0 Å². The van der Waals surface area contributed by atoms with Gasteiger partial charge in [0.25, 0.3) is 0 Å². The van der Waals surface area contributed by atoms with Gasteiger partial charge in [-0.3, -0.25) is 9.59 Å². The van der Waals surface area contributed by atoms with E-state index in [1.54, 1.807) is 13.2 Å². The van der Waals surface area contributed by atoms with Crippen LogP contribution in [0.2, 0.25) is 0 Å². The molecule has 0 unspecified atom stereocenters. The van der Waals surface area contributed by atoms with E-state index >= 15 is 0 Å². The number of methoxy groups -OCH3 is 1. The summed E-state index contributed by atoms with van der Waals surface area (Å²) in [5.41, 5.74) is 0.884. The molecule has 2 aromatic heterocycles. The van der Waals surface area contributed by atoms with Crippen molar-refractivity contribution in [1.82, 2.24) is 15.5 Å². The van der Waals surface area contributed by atoms with Crippen molar-refractivity contribution < 1.29 is 14.3 Å². The molecule has 1 amide bonds. The highest BCUT2D eigenvalue weighted by molar-refractivity contribution is 8.01. The number of aromatic nitrogens is 2. The zero-order valence-electron chi connectivity index (χ0n) is 15.2. The number of nitrogens with one attached hydrogen (secondary N) is 2. The number of hydrogen-bond donors (Lipinski definition) is 2. The van der Waals surface area contributed by atoms with Gasteiger partial charge in [0, 0.05) is 17.5 Å². The van der Waals surface area contributed by atoms with Crippen LogP contribution in [0.5, 0.6) is 5.75 Å². The number of thiophene rings is 1. The molecule has 10 heteroatoms. The molecule has 3 rings (SSSR count). The molecule has 28 heavy (non-hydrogen) atoms. The van der Waals surface area contributed by atoms with E-state index in [9.17, 15) is 9.59 Å². The van der Waals surface area contributed by atoms with E-state index in [0.29, 0.717) is 16.6 Å². The number of Topliss-reactive ketones (excluding diaryl/α,β-unsaturated/α-hetero) is 1. The third kappa shape index (κ3) is 5.78. The number of nitrogens with zero attached hydrogens (tertiary/aromatic N) is 2. The second kappa shape index (κ2) is 9.67. The Morgan fingerprint density at radius 1 is 1.11 bits per heavy atom. The van der Waals surface area contributed by atoms with Crippen LogP contribution in [0, 0.1) is 0 Å². The smallest absolute Gasteiger partial charge is 0.217 e. The van der Waals surface area contributed by atoms with Crippen LogP contribution < -0.4 is 15.4 Å². The Morgan fingerprint density at radius 2 is 1.89 bits per heavy atom. The van der Waals surface area contributed by atoms with Crippen LogP contribution in [0.1, 0.15) is 21.5 Å². The van der Waals surface area contributed by atoms with Crippen LogP contribution >= 0.6 is 34.4 Å². The van der Waals surface area contributed by atoms with Crippen molar-refractivity contribution in [2.45, 2.75) is 17.8 Å². The van der Waals surface area contributed by atoms with Crippen molar-refractivity contribution in [3.05, 3.63) is 46.2 Å². The highest BCUT2D eigenvalue weighted by Gasteiger charge is 2.13. The Bertz CT molecular complexity index is 953. The van der Waals surface area contributed by atoms with Gasteiger partial charge in [0.05, 0.1) is 24.3 Å². The number of carbonyl (C=O) groups excluding carboxylic acids is 2. The van der Waals surface area contributed by atoms with Crippen LogP contribution in [0.25, 0.3) is 0 Å². The van der Waals surface area contributed by atoms with Crippen LogP contribution in [-0.2, 0) is 11.3 Å². The molecule has 0 saturated carbocycles. The van der Waals surface area contributed by atoms with E-state index in [2.05, 4.69) is 20.8 Å². The topological polar surface area (TPSA) is 93.2 Å². The summed E-state index contributed by atoms with van der Waals surface area (Å²) in [5, 5.41) is 14.8. The van der Waals surface area contributed by atoms with Gasteiger partial charge >= 0.3 is 0 Å². The number of thioether (sulfide) groups is 1. The number of benzene rings is 1. The number of anilines is 2. The van der Waals surface area contributed by atoms with Gasteiger partial charge in [-0.15, -0.1) is 21.5 Å². The van der Waals surface area contributed by atoms with Crippen molar-refractivity contribution in [3.63, 3.8) is 0 Å². The molecule has 0 fully saturated rings. The zero-order chi connectivity index (χ0) is 19.9. The molecule has 7 nitrogen and oxygen atoms in total. The van der Waals surface area contributed by atoms with Gasteiger partial charge in [0.15, 0.2) is 10.1 Å². The van der Waals surface area contributed by atoms with Crippen molar-refractivity contribution in [1.29, 1.82) is 0 Å². The molecule has 146 valence electrons. The lowest BCUT2D eigenvalue weighted by atomic mass is 10.3. The quantitative estimate of drug-likeness (QED) is 0.389. The molecular weight excluding hydrogens is 416 g/mol. The zero-order valence-corrected chi connectivity index (χ0v) is 17.7. The summed E-state index contributed by atoms with van der Waals surface area (Å²) >= 11 is 4.15. The summed E-state index contributed by atoms with van der Waals surface area (Å²) in [7, 11) is 1.62. The highest BCUT2D eigenvalue weighted by Crippen LogP contribution is 2.29. The lowest BCUT2D eigenvalue weighted by Crippen LogP contribution is -2.18. The summed E-state index contributed by atoms with van der Waals surface area (Å²) in [5.74, 6) is 1.01. The molecule has 0 radical (unpaired) electrons. The fourth-order valence-corrected chi connectivity index (χ4v) is 4.78. The number of ketones is 1. The average Bonchev–Trinajstić information content (AvgIpc) is 3.34. The largest absolute Gasteiger partial charge is 0.497 e. The first-order valence-electron chi connectivity index (χ1n) is 8.27. The highest BCUT2D eigenvalue weighted by atomic mass is 32.2. The lowest BCUT2D eigenvalue weighted by Gasteiger charge is -2.03.